The number of hydrogen-bond donors (Lipinski definition) is 4. The second-order valence-corrected chi connectivity index (χ2v) is 10.9. The quantitative estimate of drug-likeness (QED) is 0.438. The molecule has 4 amide bonds. The highest BCUT2D eigenvalue weighted by Crippen LogP contribution is 2.33. The van der Waals surface area contributed by atoms with Crippen LogP contribution >= 0.6 is 0 Å². The maximum Gasteiger partial charge on any atom is 0.407 e. The van der Waals surface area contributed by atoms with E-state index >= 15 is 0 Å². The van der Waals surface area contributed by atoms with Gasteiger partial charge in [-0.25, -0.2) is 4.79 Å². The van der Waals surface area contributed by atoms with E-state index in [0.717, 1.165) is 36.8 Å². The number of carbonyl (C=O) groups is 4. The molecule has 1 aromatic rings. The Balaban J connectivity index is 1.38. The van der Waals surface area contributed by atoms with Crippen molar-refractivity contribution in [3.8, 4) is 0 Å². The van der Waals surface area contributed by atoms with Crippen molar-refractivity contribution in [1.82, 2.24) is 20.9 Å². The Morgan fingerprint density at radius 1 is 1.14 bits per heavy atom. The molecule has 2 heterocycles. The number of benzene rings is 1. The molecule has 10 nitrogen and oxygen atoms in total. The fourth-order valence-electron chi connectivity index (χ4n) is 5.34. The molecule has 3 aliphatic rings. The second-order valence-electron chi connectivity index (χ2n) is 10.9. The topological polar surface area (TPSA) is 137 Å². The van der Waals surface area contributed by atoms with E-state index in [0.29, 0.717) is 12.0 Å². The van der Waals surface area contributed by atoms with Gasteiger partial charge in [0, 0.05) is 30.6 Å². The smallest absolute Gasteiger partial charge is 0.407 e. The molecular weight excluding hydrogens is 464 g/mol. The van der Waals surface area contributed by atoms with E-state index in [1.54, 1.807) is 12.1 Å². The van der Waals surface area contributed by atoms with Crippen LogP contribution in [0.5, 0.6) is 0 Å². The van der Waals surface area contributed by atoms with Gasteiger partial charge in [0.1, 0.15) is 11.6 Å². The lowest BCUT2D eigenvalue weighted by Crippen LogP contribution is -2.52. The molecule has 0 bridgehead atoms. The van der Waals surface area contributed by atoms with Crippen molar-refractivity contribution in [2.24, 2.45) is 0 Å². The molecule has 1 saturated heterocycles. The monoisotopic (exact) mass is 500 g/mol. The molecule has 2 atom stereocenters. The number of nitrogens with zero attached hydrogens (tertiary/aromatic N) is 1. The fourth-order valence-corrected chi connectivity index (χ4v) is 5.34. The average Bonchev–Trinajstić information content (AvgIpc) is 3.14. The number of imide groups is 1. The van der Waals surface area contributed by atoms with E-state index in [2.05, 4.69) is 16.0 Å². The standard InChI is InChI=1S/C26H36N4O6/c1-26(2,3)36-25(35)28-16-9-7-15(8-10-16)27-20(14-31)17-5-4-6-18-19(17)13-30(24(18)34)21-11-12-22(32)29-23(21)33/h4-6,15-16,20-21,27,31H,7-14H2,1-3H3,(H,28,35)(H,29,32,33)/t15?,16?,20-,21+/m0/s1. The van der Waals surface area contributed by atoms with Gasteiger partial charge in [-0.3, -0.25) is 19.7 Å². The number of piperidine rings is 1. The van der Waals surface area contributed by atoms with Crippen LogP contribution in [-0.4, -0.2) is 64.2 Å². The largest absolute Gasteiger partial charge is 0.444 e. The number of rotatable bonds is 6. The maximum absolute atomic E-state index is 13.1. The second kappa shape index (κ2) is 10.6. The molecule has 196 valence electrons. The molecule has 1 aliphatic carbocycles. The number of alkyl carbamates (subject to hydrolysis) is 1. The van der Waals surface area contributed by atoms with Gasteiger partial charge in [-0.2, -0.15) is 0 Å². The number of hydrogen-bond acceptors (Lipinski definition) is 7. The lowest BCUT2D eigenvalue weighted by molar-refractivity contribution is -0.136. The van der Waals surface area contributed by atoms with Crippen molar-refractivity contribution < 1.29 is 29.0 Å². The number of ether oxygens (including phenoxy) is 1. The average molecular weight is 501 g/mol. The summed E-state index contributed by atoms with van der Waals surface area (Å²) < 4.78 is 5.35. The Kier molecular flexibility index (Phi) is 7.65. The van der Waals surface area contributed by atoms with Gasteiger partial charge in [-0.05, 0) is 70.1 Å². The van der Waals surface area contributed by atoms with E-state index < -0.39 is 23.6 Å². The van der Waals surface area contributed by atoms with E-state index in [-0.39, 0.29) is 49.5 Å². The summed E-state index contributed by atoms with van der Waals surface area (Å²) in [4.78, 5) is 50.6. The number of amides is 4. The van der Waals surface area contributed by atoms with Gasteiger partial charge in [0.25, 0.3) is 5.91 Å². The number of fused-ring (bicyclic) bond motifs is 1. The Morgan fingerprint density at radius 2 is 1.83 bits per heavy atom. The summed E-state index contributed by atoms with van der Waals surface area (Å²) >= 11 is 0. The maximum atomic E-state index is 13.1. The number of aliphatic hydroxyl groups is 1. The van der Waals surface area contributed by atoms with Gasteiger partial charge in [-0.15, -0.1) is 0 Å². The van der Waals surface area contributed by atoms with Crippen LogP contribution < -0.4 is 16.0 Å². The molecule has 0 unspecified atom stereocenters. The van der Waals surface area contributed by atoms with Gasteiger partial charge in [0.05, 0.1) is 12.6 Å². The fraction of sp³-hybridized carbons (Fsp3) is 0.615. The Hall–Kier alpha value is -2.98. The summed E-state index contributed by atoms with van der Waals surface area (Å²) in [6.45, 7) is 5.63. The summed E-state index contributed by atoms with van der Waals surface area (Å²) in [7, 11) is 0. The lowest BCUT2D eigenvalue weighted by atomic mass is 9.89. The number of nitrogens with one attached hydrogen (secondary N) is 3. The van der Waals surface area contributed by atoms with Crippen LogP contribution in [0.1, 0.15) is 86.8 Å². The van der Waals surface area contributed by atoms with Crippen LogP contribution in [0.3, 0.4) is 0 Å². The Morgan fingerprint density at radius 3 is 2.47 bits per heavy atom. The van der Waals surface area contributed by atoms with Gasteiger partial charge >= 0.3 is 6.09 Å². The summed E-state index contributed by atoms with van der Waals surface area (Å²) in [6.07, 6.45) is 3.35. The minimum absolute atomic E-state index is 0.0474. The third kappa shape index (κ3) is 5.87. The van der Waals surface area contributed by atoms with Gasteiger partial charge in [-0.1, -0.05) is 12.1 Å². The van der Waals surface area contributed by atoms with Crippen LogP contribution in [-0.2, 0) is 20.9 Å². The Labute approximate surface area is 211 Å². The first-order valence-electron chi connectivity index (χ1n) is 12.7. The van der Waals surface area contributed by atoms with Crippen molar-refractivity contribution in [3.05, 3.63) is 34.9 Å². The first-order chi connectivity index (χ1) is 17.1. The molecule has 0 radical (unpaired) electrons. The highest BCUT2D eigenvalue weighted by atomic mass is 16.6. The van der Waals surface area contributed by atoms with E-state index in [1.165, 1.54) is 4.90 Å². The van der Waals surface area contributed by atoms with Crippen molar-refractivity contribution >= 4 is 23.8 Å². The van der Waals surface area contributed by atoms with Gasteiger partial charge in [0.2, 0.25) is 11.8 Å². The molecular formula is C26H36N4O6. The summed E-state index contributed by atoms with van der Waals surface area (Å²) in [5.74, 6) is -0.990. The first-order valence-corrected chi connectivity index (χ1v) is 12.7. The van der Waals surface area contributed by atoms with Gasteiger partial charge in [0.15, 0.2) is 0 Å². The van der Waals surface area contributed by atoms with Crippen molar-refractivity contribution in [3.63, 3.8) is 0 Å². The minimum Gasteiger partial charge on any atom is -0.444 e. The number of carbonyl (C=O) groups excluding carboxylic acids is 4. The first kappa shape index (κ1) is 26.1. The zero-order valence-corrected chi connectivity index (χ0v) is 21.1. The molecule has 36 heavy (non-hydrogen) atoms. The van der Waals surface area contributed by atoms with Crippen LogP contribution in [0, 0.1) is 0 Å². The van der Waals surface area contributed by atoms with Crippen LogP contribution in [0.4, 0.5) is 4.79 Å². The Bertz CT molecular complexity index is 1030. The molecule has 4 rings (SSSR count). The molecule has 4 N–H and O–H groups in total. The van der Waals surface area contributed by atoms with Crippen molar-refractivity contribution in [2.75, 3.05) is 6.61 Å². The highest BCUT2D eigenvalue weighted by Gasteiger charge is 2.40. The molecule has 2 fully saturated rings. The predicted molar refractivity (Wildman–Crippen MR) is 131 cm³/mol. The minimum atomic E-state index is -0.677. The van der Waals surface area contributed by atoms with Crippen LogP contribution in [0.15, 0.2) is 18.2 Å². The van der Waals surface area contributed by atoms with Gasteiger partial charge < -0.3 is 25.4 Å². The SMILES string of the molecule is CC(C)(C)OC(=O)NC1CCC(N[C@@H](CO)c2cccc3c2CN([C@@H]2CCC(=O)NC2=O)C3=O)CC1. The molecule has 10 heteroatoms. The zero-order valence-electron chi connectivity index (χ0n) is 21.1. The van der Waals surface area contributed by atoms with E-state index in [4.69, 9.17) is 4.74 Å². The normalized spacial score (nSPS) is 25.3. The van der Waals surface area contributed by atoms with Crippen molar-refractivity contribution in [1.29, 1.82) is 0 Å². The van der Waals surface area contributed by atoms with E-state index in [1.807, 2.05) is 26.8 Å². The van der Waals surface area contributed by atoms with Crippen LogP contribution in [0.25, 0.3) is 0 Å². The zero-order chi connectivity index (χ0) is 26.0. The third-order valence-corrected chi connectivity index (χ3v) is 7.06. The number of aliphatic hydroxyl groups excluding tert-OH is 1. The summed E-state index contributed by atoms with van der Waals surface area (Å²) in [6, 6.07) is 4.60. The molecule has 2 aliphatic heterocycles. The molecule has 1 aromatic carbocycles. The van der Waals surface area contributed by atoms with E-state index in [9.17, 15) is 24.3 Å². The third-order valence-electron chi connectivity index (χ3n) is 7.06. The molecule has 1 saturated carbocycles. The van der Waals surface area contributed by atoms with Crippen LogP contribution in [0.2, 0.25) is 0 Å². The molecule has 0 aromatic heterocycles. The predicted octanol–water partition coefficient (Wildman–Crippen LogP) is 1.91. The van der Waals surface area contributed by atoms with Crippen molar-refractivity contribution in [2.45, 2.75) is 95.6 Å². The lowest BCUT2D eigenvalue weighted by Gasteiger charge is -2.33. The summed E-state index contributed by atoms with van der Waals surface area (Å²) in [5.41, 5.74) is 1.64. The molecule has 0 spiro atoms. The highest BCUT2D eigenvalue weighted by molar-refractivity contribution is 6.05. The summed E-state index contributed by atoms with van der Waals surface area (Å²) in [5, 5.41) is 19.0.